The molecule has 0 saturated carbocycles. The average Bonchev–Trinajstić information content (AvgIpc) is 3.15. The van der Waals surface area contributed by atoms with Crippen LogP contribution in [0.15, 0.2) is 90.1 Å². The number of para-hydroxylation sites is 1. The van der Waals surface area contributed by atoms with Crippen molar-refractivity contribution in [1.29, 1.82) is 0 Å². The van der Waals surface area contributed by atoms with Crippen LogP contribution in [0.4, 0.5) is 5.69 Å². The van der Waals surface area contributed by atoms with Crippen molar-refractivity contribution in [3.8, 4) is 22.5 Å². The van der Waals surface area contributed by atoms with Crippen LogP contribution in [-0.4, -0.2) is 25.9 Å². The minimum absolute atomic E-state index is 0.0763. The minimum atomic E-state index is -0.333. The first-order chi connectivity index (χ1) is 14.6. The van der Waals surface area contributed by atoms with E-state index in [9.17, 15) is 4.79 Å². The molecule has 4 rings (SSSR count). The van der Waals surface area contributed by atoms with Crippen molar-refractivity contribution in [2.75, 3.05) is 5.32 Å². The Morgan fingerprint density at radius 2 is 1.47 bits per heavy atom. The van der Waals surface area contributed by atoms with Gasteiger partial charge in [-0.2, -0.15) is 0 Å². The third-order valence-electron chi connectivity index (χ3n) is 4.79. The third kappa shape index (κ3) is 4.28. The number of nitrogens with one attached hydrogen (secondary N) is 1. The Bertz CT molecular complexity index is 1140. The fraction of sp³-hybridized carbons (Fsp3) is 0.125. The first-order valence-corrected chi connectivity index (χ1v) is 10.6. The van der Waals surface area contributed by atoms with Gasteiger partial charge in [-0.15, -0.1) is 10.2 Å². The lowest BCUT2D eigenvalue weighted by Gasteiger charge is -2.15. The number of carbonyl (C=O) groups excluding carboxylic acids is 1. The van der Waals surface area contributed by atoms with Crippen LogP contribution in [0, 0.1) is 0 Å². The number of thioether (sulfide) groups is 1. The summed E-state index contributed by atoms with van der Waals surface area (Å²) in [4.78, 5) is 12.9. The molecule has 1 atom stereocenters. The highest BCUT2D eigenvalue weighted by Crippen LogP contribution is 2.30. The maximum atomic E-state index is 12.9. The standard InChI is InChI=1S/C24H22N4OS/c1-17(30-24-27-26-22(28(24)2)19-13-7-4-8-14-19)23(29)25-21-16-10-9-15-20(21)18-11-5-3-6-12-18/h3-17H,1-2H3,(H,25,29). The van der Waals surface area contributed by atoms with Crippen molar-refractivity contribution >= 4 is 23.4 Å². The summed E-state index contributed by atoms with van der Waals surface area (Å²) in [6.45, 7) is 1.88. The predicted molar refractivity (Wildman–Crippen MR) is 122 cm³/mol. The van der Waals surface area contributed by atoms with E-state index in [0.717, 1.165) is 28.2 Å². The van der Waals surface area contributed by atoms with E-state index < -0.39 is 0 Å². The Kier molecular flexibility index (Phi) is 5.95. The molecule has 0 bridgehead atoms. The fourth-order valence-electron chi connectivity index (χ4n) is 3.16. The highest BCUT2D eigenvalue weighted by molar-refractivity contribution is 8.00. The van der Waals surface area contributed by atoms with Gasteiger partial charge in [0.1, 0.15) is 0 Å². The van der Waals surface area contributed by atoms with Crippen LogP contribution in [0.2, 0.25) is 0 Å². The van der Waals surface area contributed by atoms with Crippen LogP contribution in [0.25, 0.3) is 22.5 Å². The van der Waals surface area contributed by atoms with E-state index in [1.165, 1.54) is 11.8 Å². The summed E-state index contributed by atoms with van der Waals surface area (Å²) >= 11 is 1.39. The van der Waals surface area contributed by atoms with Gasteiger partial charge in [0, 0.05) is 23.9 Å². The predicted octanol–water partition coefficient (Wildman–Crippen LogP) is 5.27. The van der Waals surface area contributed by atoms with E-state index in [2.05, 4.69) is 15.5 Å². The normalized spacial score (nSPS) is 11.8. The summed E-state index contributed by atoms with van der Waals surface area (Å²) in [5.41, 5.74) is 3.85. The van der Waals surface area contributed by atoms with Crippen LogP contribution in [0.3, 0.4) is 0 Å². The van der Waals surface area contributed by atoms with Gasteiger partial charge in [0.25, 0.3) is 0 Å². The molecule has 0 aliphatic heterocycles. The zero-order valence-electron chi connectivity index (χ0n) is 16.8. The molecule has 0 aliphatic rings. The average molecular weight is 415 g/mol. The van der Waals surface area contributed by atoms with Crippen LogP contribution in [-0.2, 0) is 11.8 Å². The number of hydrogen-bond acceptors (Lipinski definition) is 4. The highest BCUT2D eigenvalue weighted by Gasteiger charge is 2.20. The van der Waals surface area contributed by atoms with Crippen molar-refractivity contribution in [1.82, 2.24) is 14.8 Å². The van der Waals surface area contributed by atoms with E-state index in [4.69, 9.17) is 0 Å². The maximum absolute atomic E-state index is 12.9. The zero-order valence-corrected chi connectivity index (χ0v) is 17.6. The summed E-state index contributed by atoms with van der Waals surface area (Å²) in [5.74, 6) is 0.702. The molecule has 0 saturated heterocycles. The Labute approximate surface area is 180 Å². The van der Waals surface area contributed by atoms with Gasteiger partial charge in [-0.1, -0.05) is 90.6 Å². The first kappa shape index (κ1) is 19.9. The molecule has 3 aromatic carbocycles. The monoisotopic (exact) mass is 414 g/mol. The molecule has 30 heavy (non-hydrogen) atoms. The van der Waals surface area contributed by atoms with Crippen molar-refractivity contribution in [2.24, 2.45) is 7.05 Å². The Morgan fingerprint density at radius 1 is 0.867 bits per heavy atom. The molecule has 5 nitrogen and oxygen atoms in total. The van der Waals surface area contributed by atoms with Crippen molar-refractivity contribution in [3.05, 3.63) is 84.9 Å². The number of benzene rings is 3. The molecule has 0 aliphatic carbocycles. The largest absolute Gasteiger partial charge is 0.325 e. The Hall–Kier alpha value is -3.38. The number of carbonyl (C=O) groups is 1. The number of anilines is 1. The molecule has 6 heteroatoms. The molecule has 0 fully saturated rings. The number of aromatic nitrogens is 3. The lowest BCUT2D eigenvalue weighted by molar-refractivity contribution is -0.115. The van der Waals surface area contributed by atoms with Crippen molar-refractivity contribution < 1.29 is 4.79 Å². The Balaban J connectivity index is 1.49. The summed E-state index contributed by atoms with van der Waals surface area (Å²) in [7, 11) is 1.92. The molecule has 1 aromatic heterocycles. The van der Waals surface area contributed by atoms with Crippen LogP contribution >= 0.6 is 11.8 Å². The van der Waals surface area contributed by atoms with Crippen molar-refractivity contribution in [3.63, 3.8) is 0 Å². The fourth-order valence-corrected chi connectivity index (χ4v) is 3.98. The highest BCUT2D eigenvalue weighted by atomic mass is 32.2. The zero-order chi connectivity index (χ0) is 20.9. The molecular weight excluding hydrogens is 392 g/mol. The van der Waals surface area contributed by atoms with Gasteiger partial charge in [-0.05, 0) is 18.6 Å². The van der Waals surface area contributed by atoms with Gasteiger partial charge in [-0.3, -0.25) is 4.79 Å². The molecule has 0 spiro atoms. The molecule has 4 aromatic rings. The molecule has 1 unspecified atom stereocenters. The second-order valence-electron chi connectivity index (χ2n) is 6.89. The van der Waals surface area contributed by atoms with Gasteiger partial charge in [0.2, 0.25) is 5.91 Å². The second-order valence-corrected chi connectivity index (χ2v) is 8.20. The lowest BCUT2D eigenvalue weighted by Crippen LogP contribution is -2.23. The van der Waals surface area contributed by atoms with E-state index in [1.807, 2.05) is 103 Å². The summed E-state index contributed by atoms with van der Waals surface area (Å²) in [6.07, 6.45) is 0. The topological polar surface area (TPSA) is 59.8 Å². The lowest BCUT2D eigenvalue weighted by atomic mass is 10.0. The van der Waals surface area contributed by atoms with Gasteiger partial charge >= 0.3 is 0 Å². The summed E-state index contributed by atoms with van der Waals surface area (Å²) < 4.78 is 1.92. The van der Waals surface area contributed by atoms with E-state index in [0.29, 0.717) is 5.16 Å². The van der Waals surface area contributed by atoms with E-state index in [1.54, 1.807) is 0 Å². The second kappa shape index (κ2) is 8.97. The maximum Gasteiger partial charge on any atom is 0.237 e. The third-order valence-corrected chi connectivity index (χ3v) is 5.92. The van der Waals surface area contributed by atoms with Crippen LogP contribution < -0.4 is 5.32 Å². The minimum Gasteiger partial charge on any atom is -0.325 e. The number of nitrogens with zero attached hydrogens (tertiary/aromatic N) is 3. The van der Waals surface area contributed by atoms with E-state index >= 15 is 0 Å². The number of amides is 1. The quantitative estimate of drug-likeness (QED) is 0.437. The smallest absolute Gasteiger partial charge is 0.237 e. The number of rotatable bonds is 6. The van der Waals surface area contributed by atoms with Gasteiger partial charge in [0.15, 0.2) is 11.0 Å². The molecule has 1 amide bonds. The van der Waals surface area contributed by atoms with Crippen LogP contribution in [0.1, 0.15) is 6.92 Å². The SMILES string of the molecule is CC(Sc1nnc(-c2ccccc2)n1C)C(=O)Nc1ccccc1-c1ccccc1. The molecule has 0 radical (unpaired) electrons. The van der Waals surface area contributed by atoms with Gasteiger partial charge in [-0.25, -0.2) is 0 Å². The summed E-state index contributed by atoms with van der Waals surface area (Å²) in [6, 6.07) is 27.8. The molecule has 1 heterocycles. The van der Waals surface area contributed by atoms with Crippen molar-refractivity contribution in [2.45, 2.75) is 17.3 Å². The molecule has 1 N–H and O–H groups in total. The molecule has 150 valence electrons. The number of hydrogen-bond donors (Lipinski definition) is 1. The van der Waals surface area contributed by atoms with Gasteiger partial charge < -0.3 is 9.88 Å². The van der Waals surface area contributed by atoms with E-state index in [-0.39, 0.29) is 11.2 Å². The summed E-state index contributed by atoms with van der Waals surface area (Å²) in [5, 5.41) is 12.0. The Morgan fingerprint density at radius 3 is 2.17 bits per heavy atom. The first-order valence-electron chi connectivity index (χ1n) is 9.70. The van der Waals surface area contributed by atoms with Gasteiger partial charge in [0.05, 0.1) is 5.25 Å². The van der Waals surface area contributed by atoms with Crippen LogP contribution in [0.5, 0.6) is 0 Å². The molecular formula is C24H22N4OS.